The van der Waals surface area contributed by atoms with Crippen molar-refractivity contribution in [2.45, 2.75) is 13.3 Å². The molecule has 2 heterocycles. The Morgan fingerprint density at radius 3 is 3.00 bits per heavy atom. The van der Waals surface area contributed by atoms with Gasteiger partial charge in [0.2, 0.25) is 5.91 Å². The Balaban J connectivity index is 2.29. The third-order valence-corrected chi connectivity index (χ3v) is 3.07. The van der Waals surface area contributed by atoms with E-state index in [-0.39, 0.29) is 11.8 Å². The topological polar surface area (TPSA) is 33.2 Å². The zero-order valence-electron chi connectivity index (χ0n) is 8.90. The minimum absolute atomic E-state index is 0.00900. The lowest BCUT2D eigenvalue weighted by atomic mass is 10.1. The van der Waals surface area contributed by atoms with Crippen molar-refractivity contribution in [1.82, 2.24) is 4.98 Å². The fraction of sp³-hybridized carbons (Fsp3) is 0.333. The van der Waals surface area contributed by atoms with Gasteiger partial charge in [-0.15, -0.1) is 12.3 Å². The quantitative estimate of drug-likeness (QED) is 0.697. The molecule has 1 unspecified atom stereocenters. The van der Waals surface area contributed by atoms with E-state index >= 15 is 0 Å². The van der Waals surface area contributed by atoms with E-state index in [4.69, 9.17) is 18.0 Å². The molecule has 1 atom stereocenters. The second-order valence-electron chi connectivity index (χ2n) is 3.86. The molecule has 0 radical (unpaired) electrons. The summed E-state index contributed by atoms with van der Waals surface area (Å²) in [6.45, 7) is 2.43. The van der Waals surface area contributed by atoms with Crippen molar-refractivity contribution in [3.63, 3.8) is 0 Å². The van der Waals surface area contributed by atoms with Crippen LogP contribution in [-0.4, -0.2) is 17.4 Å². The lowest BCUT2D eigenvalue weighted by molar-refractivity contribution is -0.117. The van der Waals surface area contributed by atoms with E-state index in [1.807, 2.05) is 6.92 Å². The summed E-state index contributed by atoms with van der Waals surface area (Å²) in [4.78, 5) is 17.5. The van der Waals surface area contributed by atoms with Crippen LogP contribution in [0, 0.1) is 25.2 Å². The normalized spacial score (nSPS) is 19.9. The lowest BCUT2D eigenvalue weighted by Gasteiger charge is -2.15. The Hall–Kier alpha value is -1.53. The Kier molecular flexibility index (Phi) is 2.84. The highest BCUT2D eigenvalue weighted by molar-refractivity contribution is 6.31. The number of hydrogen-bond donors (Lipinski definition) is 0. The molecule has 16 heavy (non-hydrogen) atoms. The van der Waals surface area contributed by atoms with E-state index < -0.39 is 0 Å². The van der Waals surface area contributed by atoms with Crippen LogP contribution in [0.3, 0.4) is 0 Å². The molecule has 82 valence electrons. The highest BCUT2D eigenvalue weighted by Crippen LogP contribution is 2.25. The summed E-state index contributed by atoms with van der Waals surface area (Å²) in [5.41, 5.74) is 0.906. The van der Waals surface area contributed by atoms with Gasteiger partial charge in [-0.1, -0.05) is 11.6 Å². The molecule has 1 aromatic rings. The summed E-state index contributed by atoms with van der Waals surface area (Å²) in [6.07, 6.45) is 7.28. The molecule has 0 bridgehead atoms. The van der Waals surface area contributed by atoms with Crippen LogP contribution in [0.1, 0.15) is 12.0 Å². The van der Waals surface area contributed by atoms with Gasteiger partial charge in [0.15, 0.2) is 0 Å². The van der Waals surface area contributed by atoms with Crippen LogP contribution in [0.2, 0.25) is 5.02 Å². The maximum atomic E-state index is 11.7. The average Bonchev–Trinajstić information content (AvgIpc) is 2.64. The van der Waals surface area contributed by atoms with Crippen LogP contribution < -0.4 is 4.90 Å². The van der Waals surface area contributed by atoms with Gasteiger partial charge in [-0.3, -0.25) is 9.69 Å². The number of carbonyl (C=O) groups excluding carboxylic acids is 1. The molecule has 1 saturated heterocycles. The van der Waals surface area contributed by atoms with E-state index in [0.29, 0.717) is 23.8 Å². The van der Waals surface area contributed by atoms with Gasteiger partial charge in [-0.2, -0.15) is 0 Å². The van der Waals surface area contributed by atoms with E-state index in [9.17, 15) is 4.79 Å². The number of carbonyl (C=O) groups is 1. The Morgan fingerprint density at radius 1 is 1.69 bits per heavy atom. The molecule has 1 aliphatic heterocycles. The number of nitrogens with zero attached hydrogens (tertiary/aromatic N) is 2. The number of hydrogen-bond acceptors (Lipinski definition) is 2. The minimum Gasteiger partial charge on any atom is -0.296 e. The van der Waals surface area contributed by atoms with E-state index in [2.05, 4.69) is 10.9 Å². The third kappa shape index (κ3) is 1.89. The molecular formula is C12H11ClN2O. The molecule has 0 spiro atoms. The van der Waals surface area contributed by atoms with Crippen LogP contribution in [0.15, 0.2) is 12.3 Å². The molecule has 0 saturated carbocycles. The van der Waals surface area contributed by atoms with Crippen LogP contribution in [-0.2, 0) is 4.79 Å². The molecule has 1 amide bonds. The largest absolute Gasteiger partial charge is 0.296 e. The molecule has 2 rings (SSSR count). The van der Waals surface area contributed by atoms with Crippen molar-refractivity contribution < 1.29 is 4.79 Å². The van der Waals surface area contributed by atoms with Crippen molar-refractivity contribution in [2.24, 2.45) is 5.92 Å². The van der Waals surface area contributed by atoms with Gasteiger partial charge in [0, 0.05) is 25.1 Å². The second kappa shape index (κ2) is 4.15. The number of terminal acetylenes is 1. The summed E-state index contributed by atoms with van der Waals surface area (Å²) >= 11 is 5.88. The van der Waals surface area contributed by atoms with E-state index in [0.717, 1.165) is 5.56 Å². The van der Waals surface area contributed by atoms with Crippen LogP contribution >= 0.6 is 11.6 Å². The molecule has 0 aliphatic carbocycles. The first-order valence-electron chi connectivity index (χ1n) is 5.00. The number of halogens is 1. The van der Waals surface area contributed by atoms with Crippen molar-refractivity contribution in [1.29, 1.82) is 0 Å². The second-order valence-corrected chi connectivity index (χ2v) is 4.27. The molecular weight excluding hydrogens is 224 g/mol. The van der Waals surface area contributed by atoms with Crippen molar-refractivity contribution in [3.8, 4) is 12.3 Å². The highest BCUT2D eigenvalue weighted by Gasteiger charge is 2.30. The molecule has 0 N–H and O–H groups in total. The minimum atomic E-state index is -0.00900. The zero-order chi connectivity index (χ0) is 11.7. The maximum Gasteiger partial charge on any atom is 0.229 e. The van der Waals surface area contributed by atoms with Gasteiger partial charge < -0.3 is 0 Å². The maximum absolute atomic E-state index is 11.7. The number of aryl methyl sites for hydroxylation is 1. The van der Waals surface area contributed by atoms with Gasteiger partial charge in [-0.05, 0) is 18.6 Å². The highest BCUT2D eigenvalue weighted by atomic mass is 35.5. The Morgan fingerprint density at radius 2 is 2.44 bits per heavy atom. The number of rotatable bonds is 1. The summed E-state index contributed by atoms with van der Waals surface area (Å²) in [6, 6.07) is 1.80. The van der Waals surface area contributed by atoms with Crippen molar-refractivity contribution in [3.05, 3.63) is 22.8 Å². The van der Waals surface area contributed by atoms with Crippen molar-refractivity contribution >= 4 is 23.3 Å². The number of aromatic nitrogens is 1. The molecule has 1 aliphatic rings. The number of anilines is 1. The predicted molar refractivity (Wildman–Crippen MR) is 63.3 cm³/mol. The van der Waals surface area contributed by atoms with Gasteiger partial charge in [0.25, 0.3) is 0 Å². The Labute approximate surface area is 99.4 Å². The van der Waals surface area contributed by atoms with Gasteiger partial charge in [0.05, 0.1) is 5.02 Å². The van der Waals surface area contributed by atoms with Gasteiger partial charge >= 0.3 is 0 Å². The fourth-order valence-electron chi connectivity index (χ4n) is 1.71. The van der Waals surface area contributed by atoms with E-state index in [1.54, 1.807) is 17.2 Å². The monoisotopic (exact) mass is 234 g/mol. The fourth-order valence-corrected chi connectivity index (χ4v) is 1.82. The zero-order valence-corrected chi connectivity index (χ0v) is 9.66. The smallest absolute Gasteiger partial charge is 0.229 e. The predicted octanol–water partition coefficient (Wildman–Crippen LogP) is 2.03. The van der Waals surface area contributed by atoms with Gasteiger partial charge in [-0.25, -0.2) is 4.98 Å². The summed E-state index contributed by atoms with van der Waals surface area (Å²) in [5, 5.41) is 0.601. The molecule has 1 fully saturated rings. The Bertz CT molecular complexity index is 478. The van der Waals surface area contributed by atoms with Crippen LogP contribution in [0.25, 0.3) is 0 Å². The van der Waals surface area contributed by atoms with Crippen LogP contribution in [0.5, 0.6) is 0 Å². The number of amides is 1. The molecule has 4 heteroatoms. The first kappa shape index (κ1) is 11.0. The molecule has 1 aromatic heterocycles. The first-order valence-corrected chi connectivity index (χ1v) is 5.38. The molecule has 3 nitrogen and oxygen atoms in total. The number of pyridine rings is 1. The lowest BCUT2D eigenvalue weighted by Crippen LogP contribution is -2.25. The van der Waals surface area contributed by atoms with Crippen molar-refractivity contribution in [2.75, 3.05) is 11.4 Å². The standard InChI is InChI=1S/C12H11ClN2O/c1-3-9-5-12(16)15(7-9)11-4-8(2)10(13)6-14-11/h1,4,6,9H,5,7H2,2H3. The van der Waals surface area contributed by atoms with Crippen LogP contribution in [0.4, 0.5) is 5.82 Å². The average molecular weight is 235 g/mol. The first-order chi connectivity index (χ1) is 7.61. The van der Waals surface area contributed by atoms with E-state index in [1.165, 1.54) is 0 Å². The molecule has 0 aromatic carbocycles. The SMILES string of the molecule is C#CC1CC(=O)N(c2cc(C)c(Cl)cn2)C1. The van der Waals surface area contributed by atoms with Gasteiger partial charge in [0.1, 0.15) is 5.82 Å². The summed E-state index contributed by atoms with van der Waals surface area (Å²) in [5.74, 6) is 3.25. The summed E-state index contributed by atoms with van der Waals surface area (Å²) < 4.78 is 0. The third-order valence-electron chi connectivity index (χ3n) is 2.67. The summed E-state index contributed by atoms with van der Waals surface area (Å²) in [7, 11) is 0.